The molecule has 1 heterocycles. The highest BCUT2D eigenvalue weighted by Gasteiger charge is 2.38. The number of fused-ring (bicyclic) bond motifs is 3. The lowest BCUT2D eigenvalue weighted by Gasteiger charge is -2.28. The normalized spacial score (nSPS) is 26.0. The van der Waals surface area contributed by atoms with Gasteiger partial charge < -0.3 is 10.6 Å². The Balaban J connectivity index is 1.52. The van der Waals surface area contributed by atoms with Gasteiger partial charge in [0.05, 0.1) is 0 Å². The van der Waals surface area contributed by atoms with Crippen LogP contribution in [0.3, 0.4) is 0 Å². The minimum Gasteiger partial charge on any atom is -0.380 e. The number of benzene rings is 2. The molecule has 3 unspecified atom stereocenters. The van der Waals surface area contributed by atoms with Crippen molar-refractivity contribution in [3.05, 3.63) is 64.1 Å². The van der Waals surface area contributed by atoms with Crippen LogP contribution in [-0.2, 0) is 6.54 Å². The van der Waals surface area contributed by atoms with Crippen molar-refractivity contribution in [2.75, 3.05) is 5.32 Å². The van der Waals surface area contributed by atoms with Crippen LogP contribution >= 0.6 is 15.9 Å². The van der Waals surface area contributed by atoms with Crippen LogP contribution in [0.25, 0.3) is 0 Å². The van der Waals surface area contributed by atoms with E-state index in [4.69, 9.17) is 0 Å². The maximum atomic E-state index is 3.82. The Morgan fingerprint density at radius 2 is 1.87 bits per heavy atom. The fourth-order valence-electron chi connectivity index (χ4n) is 4.14. The molecule has 2 aliphatic rings. The van der Waals surface area contributed by atoms with E-state index in [0.717, 1.165) is 6.54 Å². The molecule has 0 amide bonds. The van der Waals surface area contributed by atoms with Gasteiger partial charge in [-0.3, -0.25) is 0 Å². The highest BCUT2D eigenvalue weighted by molar-refractivity contribution is 9.10. The van der Waals surface area contributed by atoms with E-state index < -0.39 is 0 Å². The van der Waals surface area contributed by atoms with Crippen LogP contribution < -0.4 is 10.6 Å². The van der Waals surface area contributed by atoms with Crippen LogP contribution in [0.1, 0.15) is 42.7 Å². The molecule has 1 aliphatic heterocycles. The molecule has 1 fully saturated rings. The maximum Gasteiger partial charge on any atom is 0.0484 e. The van der Waals surface area contributed by atoms with Gasteiger partial charge in [0.1, 0.15) is 0 Å². The molecule has 1 aliphatic carbocycles. The first-order chi connectivity index (χ1) is 11.3. The quantitative estimate of drug-likeness (QED) is 0.788. The smallest absolute Gasteiger partial charge is 0.0484 e. The highest BCUT2D eigenvalue weighted by Crippen LogP contribution is 2.43. The SMILES string of the molecule is Brc1ccc2c(c1)C1CCCCC(NCc3ccccc3)C1N2. The standard InChI is InChI=1S/C20H23BrN2/c21-15-10-11-18-17(12-15)16-8-4-5-9-19(20(16)23-18)22-13-14-6-2-1-3-7-14/h1-3,6-7,10-12,16,19-20,22-23H,4-5,8-9,13H2. The third-order valence-corrected chi connectivity index (χ3v) is 5.79. The predicted molar refractivity (Wildman–Crippen MR) is 99.8 cm³/mol. The van der Waals surface area contributed by atoms with Gasteiger partial charge in [-0.25, -0.2) is 0 Å². The van der Waals surface area contributed by atoms with Crippen LogP contribution in [0.4, 0.5) is 5.69 Å². The summed E-state index contributed by atoms with van der Waals surface area (Å²) in [5.41, 5.74) is 4.20. The molecule has 23 heavy (non-hydrogen) atoms. The zero-order chi connectivity index (χ0) is 15.6. The first-order valence-corrected chi connectivity index (χ1v) is 9.44. The molecular weight excluding hydrogens is 348 g/mol. The molecule has 120 valence electrons. The van der Waals surface area contributed by atoms with E-state index in [1.165, 1.54) is 47.0 Å². The van der Waals surface area contributed by atoms with E-state index in [1.54, 1.807) is 0 Å². The van der Waals surface area contributed by atoms with Crippen molar-refractivity contribution in [3.8, 4) is 0 Å². The van der Waals surface area contributed by atoms with Crippen LogP contribution in [-0.4, -0.2) is 12.1 Å². The summed E-state index contributed by atoms with van der Waals surface area (Å²) in [4.78, 5) is 0. The number of hydrogen-bond donors (Lipinski definition) is 2. The lowest BCUT2D eigenvalue weighted by Crippen LogP contribution is -2.43. The van der Waals surface area contributed by atoms with Gasteiger partial charge in [-0.05, 0) is 42.2 Å². The van der Waals surface area contributed by atoms with Gasteiger partial charge in [-0.2, -0.15) is 0 Å². The summed E-state index contributed by atoms with van der Waals surface area (Å²) in [5.74, 6) is 0.637. The molecule has 0 saturated heterocycles. The van der Waals surface area contributed by atoms with E-state index in [9.17, 15) is 0 Å². The van der Waals surface area contributed by atoms with Crippen LogP contribution in [0.15, 0.2) is 53.0 Å². The Bertz CT molecular complexity index is 671. The van der Waals surface area contributed by atoms with Crippen molar-refractivity contribution in [2.45, 2.75) is 50.2 Å². The highest BCUT2D eigenvalue weighted by atomic mass is 79.9. The van der Waals surface area contributed by atoms with E-state index in [2.05, 4.69) is 75.1 Å². The van der Waals surface area contributed by atoms with Crippen LogP contribution in [0.5, 0.6) is 0 Å². The Labute approximate surface area is 146 Å². The number of nitrogens with one attached hydrogen (secondary N) is 2. The Hall–Kier alpha value is -1.32. The number of rotatable bonds is 3. The summed E-state index contributed by atoms with van der Waals surface area (Å²) in [6, 6.07) is 18.5. The molecule has 0 aromatic heterocycles. The average molecular weight is 371 g/mol. The zero-order valence-corrected chi connectivity index (χ0v) is 14.9. The maximum absolute atomic E-state index is 3.82. The molecule has 0 radical (unpaired) electrons. The second-order valence-electron chi connectivity index (χ2n) is 6.77. The molecular formula is C20H23BrN2. The molecule has 2 aromatic carbocycles. The lowest BCUT2D eigenvalue weighted by atomic mass is 9.89. The third kappa shape index (κ3) is 3.17. The number of anilines is 1. The Kier molecular flexibility index (Phi) is 4.41. The van der Waals surface area contributed by atoms with Crippen molar-refractivity contribution >= 4 is 21.6 Å². The molecule has 0 spiro atoms. The van der Waals surface area contributed by atoms with Gasteiger partial charge in [0.2, 0.25) is 0 Å². The third-order valence-electron chi connectivity index (χ3n) is 5.29. The number of hydrogen-bond acceptors (Lipinski definition) is 2. The van der Waals surface area contributed by atoms with E-state index in [1.807, 2.05) is 0 Å². The number of halogens is 1. The largest absolute Gasteiger partial charge is 0.380 e. The van der Waals surface area contributed by atoms with E-state index in [0.29, 0.717) is 18.0 Å². The molecule has 3 atom stereocenters. The van der Waals surface area contributed by atoms with Gasteiger partial charge in [-0.15, -0.1) is 0 Å². The first kappa shape index (κ1) is 15.2. The monoisotopic (exact) mass is 370 g/mol. The molecule has 2 aromatic rings. The van der Waals surface area contributed by atoms with Gasteiger partial charge >= 0.3 is 0 Å². The predicted octanol–water partition coefficient (Wildman–Crippen LogP) is 5.06. The fourth-order valence-corrected chi connectivity index (χ4v) is 4.52. The molecule has 2 N–H and O–H groups in total. The summed E-state index contributed by atoms with van der Waals surface area (Å²) < 4.78 is 1.19. The molecule has 0 bridgehead atoms. The fraction of sp³-hybridized carbons (Fsp3) is 0.400. The van der Waals surface area contributed by atoms with Gasteiger partial charge in [0.15, 0.2) is 0 Å². The molecule has 1 saturated carbocycles. The van der Waals surface area contributed by atoms with E-state index in [-0.39, 0.29) is 0 Å². The summed E-state index contributed by atoms with van der Waals surface area (Å²) in [7, 11) is 0. The molecule has 3 heteroatoms. The molecule has 4 rings (SSSR count). The van der Waals surface area contributed by atoms with Gasteiger partial charge in [0, 0.05) is 34.7 Å². The van der Waals surface area contributed by atoms with Crippen LogP contribution in [0, 0.1) is 0 Å². The van der Waals surface area contributed by atoms with E-state index >= 15 is 0 Å². The van der Waals surface area contributed by atoms with Crippen molar-refractivity contribution in [1.29, 1.82) is 0 Å². The van der Waals surface area contributed by atoms with Crippen molar-refractivity contribution < 1.29 is 0 Å². The second kappa shape index (κ2) is 6.66. The van der Waals surface area contributed by atoms with Crippen LogP contribution in [0.2, 0.25) is 0 Å². The Morgan fingerprint density at radius 3 is 2.74 bits per heavy atom. The Morgan fingerprint density at radius 1 is 1.04 bits per heavy atom. The van der Waals surface area contributed by atoms with Crippen molar-refractivity contribution in [1.82, 2.24) is 5.32 Å². The van der Waals surface area contributed by atoms with Crippen molar-refractivity contribution in [2.24, 2.45) is 0 Å². The summed E-state index contributed by atoms with van der Waals surface area (Å²) in [6.07, 6.45) is 5.21. The lowest BCUT2D eigenvalue weighted by molar-refractivity contribution is 0.412. The second-order valence-corrected chi connectivity index (χ2v) is 7.68. The summed E-state index contributed by atoms with van der Waals surface area (Å²) in [6.45, 7) is 0.955. The summed E-state index contributed by atoms with van der Waals surface area (Å²) in [5, 5.41) is 7.63. The first-order valence-electron chi connectivity index (χ1n) is 8.64. The minimum absolute atomic E-state index is 0.519. The molecule has 2 nitrogen and oxygen atoms in total. The minimum atomic E-state index is 0.519. The van der Waals surface area contributed by atoms with Crippen molar-refractivity contribution in [3.63, 3.8) is 0 Å². The average Bonchev–Trinajstić information content (AvgIpc) is 2.80. The summed E-state index contributed by atoms with van der Waals surface area (Å²) >= 11 is 3.63. The van der Waals surface area contributed by atoms with Gasteiger partial charge in [0.25, 0.3) is 0 Å². The zero-order valence-electron chi connectivity index (χ0n) is 13.3. The van der Waals surface area contributed by atoms with Gasteiger partial charge in [-0.1, -0.05) is 59.1 Å². The topological polar surface area (TPSA) is 24.1 Å².